The average molecular weight is 398 g/mol. The van der Waals surface area contributed by atoms with Crippen LogP contribution in [0.25, 0.3) is 0 Å². The van der Waals surface area contributed by atoms with Gasteiger partial charge < -0.3 is 14.6 Å². The monoisotopic (exact) mass is 398 g/mol. The molecule has 0 unspecified atom stereocenters. The molecule has 1 heterocycles. The van der Waals surface area contributed by atoms with Crippen LogP contribution >= 0.6 is 0 Å². The molecule has 0 aliphatic heterocycles. The maximum Gasteiger partial charge on any atom is 0.290 e. The molecule has 2 fully saturated rings. The molecule has 6 heteroatoms. The Morgan fingerprint density at radius 1 is 1.00 bits per heavy atom. The second kappa shape index (κ2) is 8.80. The van der Waals surface area contributed by atoms with E-state index in [4.69, 9.17) is 4.42 Å². The van der Waals surface area contributed by atoms with E-state index in [2.05, 4.69) is 5.32 Å². The number of hydrogen-bond donors (Lipinski definition) is 1. The number of furan rings is 1. The van der Waals surface area contributed by atoms with Crippen molar-refractivity contribution in [1.82, 2.24) is 10.2 Å². The fourth-order valence-electron chi connectivity index (χ4n) is 4.67. The van der Waals surface area contributed by atoms with Crippen molar-refractivity contribution >= 4 is 11.8 Å². The summed E-state index contributed by atoms with van der Waals surface area (Å²) in [5, 5.41) is 3.08. The van der Waals surface area contributed by atoms with Crippen LogP contribution in [0.2, 0.25) is 0 Å². The van der Waals surface area contributed by atoms with Gasteiger partial charge in [0.1, 0.15) is 11.9 Å². The summed E-state index contributed by atoms with van der Waals surface area (Å²) in [6.45, 7) is 0. The molecule has 29 heavy (non-hydrogen) atoms. The number of rotatable bonds is 6. The van der Waals surface area contributed by atoms with Gasteiger partial charge in [0.2, 0.25) is 5.91 Å². The van der Waals surface area contributed by atoms with Gasteiger partial charge in [-0.2, -0.15) is 0 Å². The molecule has 2 aromatic rings. The van der Waals surface area contributed by atoms with E-state index in [-0.39, 0.29) is 35.2 Å². The molecule has 1 aromatic carbocycles. The third-order valence-corrected chi connectivity index (χ3v) is 6.11. The lowest BCUT2D eigenvalue weighted by molar-refractivity contribution is -0.127. The summed E-state index contributed by atoms with van der Waals surface area (Å²) in [6.07, 6.45) is 9.01. The van der Waals surface area contributed by atoms with Crippen molar-refractivity contribution < 1.29 is 18.4 Å². The lowest BCUT2D eigenvalue weighted by Crippen LogP contribution is -2.49. The first kappa shape index (κ1) is 19.7. The van der Waals surface area contributed by atoms with Crippen LogP contribution in [0.15, 0.2) is 47.1 Å². The normalized spacial score (nSPS) is 18.7. The van der Waals surface area contributed by atoms with Gasteiger partial charge in [-0.3, -0.25) is 9.59 Å². The number of amides is 2. The first-order chi connectivity index (χ1) is 14.1. The van der Waals surface area contributed by atoms with E-state index in [0.717, 1.165) is 51.4 Å². The highest BCUT2D eigenvalue weighted by Gasteiger charge is 2.40. The third kappa shape index (κ3) is 4.21. The van der Waals surface area contributed by atoms with Gasteiger partial charge in [-0.1, -0.05) is 43.9 Å². The first-order valence-corrected chi connectivity index (χ1v) is 10.6. The van der Waals surface area contributed by atoms with Crippen molar-refractivity contribution in [2.45, 2.75) is 69.5 Å². The molecule has 0 radical (unpaired) electrons. The highest BCUT2D eigenvalue weighted by Crippen LogP contribution is 2.34. The lowest BCUT2D eigenvalue weighted by Gasteiger charge is -2.36. The van der Waals surface area contributed by atoms with E-state index < -0.39 is 11.9 Å². The topological polar surface area (TPSA) is 62.6 Å². The highest BCUT2D eigenvalue weighted by molar-refractivity contribution is 5.96. The van der Waals surface area contributed by atoms with Crippen molar-refractivity contribution in [2.24, 2.45) is 0 Å². The maximum absolute atomic E-state index is 14.8. The zero-order valence-corrected chi connectivity index (χ0v) is 16.5. The molecule has 5 nitrogen and oxygen atoms in total. The second-order valence-electron chi connectivity index (χ2n) is 8.04. The summed E-state index contributed by atoms with van der Waals surface area (Å²) in [7, 11) is 0. The van der Waals surface area contributed by atoms with E-state index >= 15 is 0 Å². The Morgan fingerprint density at radius 3 is 2.34 bits per heavy atom. The Morgan fingerprint density at radius 2 is 1.69 bits per heavy atom. The number of halogens is 1. The Bertz CT molecular complexity index is 840. The van der Waals surface area contributed by atoms with Gasteiger partial charge in [-0.05, 0) is 43.9 Å². The van der Waals surface area contributed by atoms with E-state index in [1.165, 1.54) is 12.3 Å². The van der Waals surface area contributed by atoms with Crippen LogP contribution in [-0.2, 0) is 4.79 Å². The number of hydrogen-bond acceptors (Lipinski definition) is 3. The Kier molecular flexibility index (Phi) is 5.97. The highest BCUT2D eigenvalue weighted by atomic mass is 19.1. The predicted molar refractivity (Wildman–Crippen MR) is 107 cm³/mol. The summed E-state index contributed by atoms with van der Waals surface area (Å²) in [5.74, 6) is -0.980. The van der Waals surface area contributed by atoms with Crippen LogP contribution in [-0.4, -0.2) is 28.8 Å². The number of carbonyl (C=O) groups is 2. The van der Waals surface area contributed by atoms with Gasteiger partial charge in [0.15, 0.2) is 5.76 Å². The molecule has 0 spiro atoms. The molecular formula is C23H27FN2O3. The molecule has 1 N–H and O–H groups in total. The zero-order valence-electron chi connectivity index (χ0n) is 16.5. The molecule has 1 atom stereocenters. The number of nitrogens with zero attached hydrogens (tertiary/aromatic N) is 1. The predicted octanol–water partition coefficient (Wildman–Crippen LogP) is 4.60. The van der Waals surface area contributed by atoms with Crippen molar-refractivity contribution in [2.75, 3.05) is 0 Å². The van der Waals surface area contributed by atoms with E-state index in [1.54, 1.807) is 35.2 Å². The Labute approximate surface area is 170 Å². The molecule has 1 aromatic heterocycles. The summed E-state index contributed by atoms with van der Waals surface area (Å²) in [4.78, 5) is 28.4. The van der Waals surface area contributed by atoms with Crippen molar-refractivity contribution in [3.63, 3.8) is 0 Å². The number of nitrogens with one attached hydrogen (secondary N) is 1. The largest absolute Gasteiger partial charge is 0.459 e. The smallest absolute Gasteiger partial charge is 0.290 e. The standard InChI is InChI=1S/C23H27FN2O3/c24-19-13-6-5-12-18(19)21(22(27)25-16-8-1-2-9-16)26(17-10-3-4-11-17)23(28)20-14-7-15-29-20/h5-7,12-17,21H,1-4,8-11H2,(H,25,27)/t21-/m0/s1. The molecule has 2 amide bonds. The molecule has 4 rings (SSSR count). The fraction of sp³-hybridized carbons (Fsp3) is 0.478. The van der Waals surface area contributed by atoms with Crippen LogP contribution in [0.3, 0.4) is 0 Å². The second-order valence-corrected chi connectivity index (χ2v) is 8.04. The third-order valence-electron chi connectivity index (χ3n) is 6.11. The van der Waals surface area contributed by atoms with Gasteiger partial charge in [-0.15, -0.1) is 0 Å². The summed E-state index contributed by atoms with van der Waals surface area (Å²) < 4.78 is 20.2. The van der Waals surface area contributed by atoms with Crippen LogP contribution in [0.5, 0.6) is 0 Å². The molecule has 0 saturated heterocycles. The van der Waals surface area contributed by atoms with Crippen LogP contribution in [0.1, 0.15) is 73.5 Å². The van der Waals surface area contributed by atoms with Crippen LogP contribution in [0.4, 0.5) is 4.39 Å². The lowest BCUT2D eigenvalue weighted by atomic mass is 9.99. The first-order valence-electron chi connectivity index (χ1n) is 10.6. The van der Waals surface area contributed by atoms with Gasteiger partial charge >= 0.3 is 0 Å². The minimum Gasteiger partial charge on any atom is -0.459 e. The quantitative estimate of drug-likeness (QED) is 0.773. The van der Waals surface area contributed by atoms with E-state index in [9.17, 15) is 14.0 Å². The van der Waals surface area contributed by atoms with E-state index in [0.29, 0.717) is 0 Å². The average Bonchev–Trinajstić information content (AvgIpc) is 3.49. The summed E-state index contributed by atoms with van der Waals surface area (Å²) >= 11 is 0. The molecule has 2 saturated carbocycles. The number of benzene rings is 1. The molecule has 0 bridgehead atoms. The van der Waals surface area contributed by atoms with Gasteiger partial charge in [-0.25, -0.2) is 4.39 Å². The zero-order chi connectivity index (χ0) is 20.2. The molecular weight excluding hydrogens is 371 g/mol. The SMILES string of the molecule is O=C(NC1CCCC1)[C@H](c1ccccc1F)N(C(=O)c1ccco1)C1CCCC1. The fourth-order valence-corrected chi connectivity index (χ4v) is 4.67. The summed E-state index contributed by atoms with van der Waals surface area (Å²) in [5.41, 5.74) is 0.231. The molecule has 154 valence electrons. The minimum absolute atomic E-state index is 0.0842. The Balaban J connectivity index is 1.73. The van der Waals surface area contributed by atoms with Crippen molar-refractivity contribution in [3.05, 3.63) is 59.8 Å². The van der Waals surface area contributed by atoms with Gasteiger partial charge in [0, 0.05) is 17.6 Å². The molecule has 2 aliphatic rings. The van der Waals surface area contributed by atoms with Crippen LogP contribution in [0, 0.1) is 5.82 Å². The summed E-state index contributed by atoms with van der Waals surface area (Å²) in [6, 6.07) is 8.44. The maximum atomic E-state index is 14.8. The Hall–Kier alpha value is -2.63. The van der Waals surface area contributed by atoms with Crippen molar-refractivity contribution in [1.29, 1.82) is 0 Å². The number of carbonyl (C=O) groups excluding carboxylic acids is 2. The van der Waals surface area contributed by atoms with Gasteiger partial charge in [0.05, 0.1) is 6.26 Å². The van der Waals surface area contributed by atoms with Crippen molar-refractivity contribution in [3.8, 4) is 0 Å². The van der Waals surface area contributed by atoms with Crippen LogP contribution < -0.4 is 5.32 Å². The van der Waals surface area contributed by atoms with Gasteiger partial charge in [0.25, 0.3) is 5.91 Å². The minimum atomic E-state index is -1.02. The molecule has 2 aliphatic carbocycles. The van der Waals surface area contributed by atoms with E-state index in [1.807, 2.05) is 0 Å².